The Balaban J connectivity index is 0.000000399. The largest absolute Gasteiger partial charge is 0.478 e. The highest BCUT2D eigenvalue weighted by molar-refractivity contribution is 6.59. The van der Waals surface area contributed by atoms with E-state index in [-0.39, 0.29) is 27.4 Å². The van der Waals surface area contributed by atoms with Gasteiger partial charge < -0.3 is 10.2 Å². The summed E-state index contributed by atoms with van der Waals surface area (Å²) >= 11 is 15.3. The number of nitrogens with zero attached hydrogens (tertiary/aromatic N) is 1. The van der Waals surface area contributed by atoms with Crippen molar-refractivity contribution in [3.05, 3.63) is 49.5 Å². The molecule has 1 aromatic rings. The van der Waals surface area contributed by atoms with Gasteiger partial charge in [0.15, 0.2) is 0 Å². The first-order chi connectivity index (χ1) is 8.79. The molecule has 0 aromatic heterocycles. The number of hydrogen-bond donors (Lipinski definition) is 2. The molecule has 9 heteroatoms. The fourth-order valence-corrected chi connectivity index (χ4v) is 0.932. The molecule has 104 valence electrons. The Hall–Kier alpha value is -1.34. The van der Waals surface area contributed by atoms with Crippen molar-refractivity contribution in [2.45, 2.75) is 0 Å². The van der Waals surface area contributed by atoms with Crippen LogP contribution in [0.1, 0.15) is 10.4 Å². The molecule has 0 spiro atoms. The molecule has 1 rings (SSSR count). The topological polar surface area (TPSA) is 101 Å². The van der Waals surface area contributed by atoms with Crippen LogP contribution in [0.15, 0.2) is 33.8 Å². The number of non-ortho nitro benzene ring substituents is 1. The van der Waals surface area contributed by atoms with Gasteiger partial charge >= 0.3 is 5.97 Å². The molecule has 0 aliphatic carbocycles. The SMILES string of the molecule is O=C(O)c1cccc([N+](=O)[O-])c1.OCC(Cl)=C(Cl)Cl. The molecular weight excluding hydrogens is 320 g/mol. The van der Waals surface area contributed by atoms with Crippen molar-refractivity contribution in [3.8, 4) is 0 Å². The van der Waals surface area contributed by atoms with Gasteiger partial charge in [-0.05, 0) is 6.07 Å². The maximum Gasteiger partial charge on any atom is 0.335 e. The van der Waals surface area contributed by atoms with Crippen LogP contribution in [0.2, 0.25) is 0 Å². The van der Waals surface area contributed by atoms with Crippen molar-refractivity contribution in [2.24, 2.45) is 0 Å². The van der Waals surface area contributed by atoms with Gasteiger partial charge in [-0.2, -0.15) is 0 Å². The number of aliphatic hydroxyl groups is 1. The third-order valence-electron chi connectivity index (χ3n) is 1.65. The first-order valence-corrected chi connectivity index (χ1v) is 5.71. The van der Waals surface area contributed by atoms with Gasteiger partial charge in [0.2, 0.25) is 0 Å². The molecule has 2 N–H and O–H groups in total. The quantitative estimate of drug-likeness (QED) is 0.655. The number of halogens is 3. The summed E-state index contributed by atoms with van der Waals surface area (Å²) in [4.78, 5) is 19.9. The van der Waals surface area contributed by atoms with Crippen LogP contribution in [0.4, 0.5) is 5.69 Å². The lowest BCUT2D eigenvalue weighted by Crippen LogP contribution is -1.97. The van der Waals surface area contributed by atoms with E-state index in [9.17, 15) is 14.9 Å². The number of aromatic carboxylic acids is 1. The number of nitro benzene ring substituents is 1. The van der Waals surface area contributed by atoms with E-state index >= 15 is 0 Å². The number of hydrogen-bond acceptors (Lipinski definition) is 4. The Morgan fingerprint density at radius 2 is 1.89 bits per heavy atom. The number of carbonyl (C=O) groups is 1. The van der Waals surface area contributed by atoms with Gasteiger partial charge in [0.05, 0.1) is 22.1 Å². The van der Waals surface area contributed by atoms with E-state index < -0.39 is 10.9 Å². The molecule has 0 fully saturated rings. The Morgan fingerprint density at radius 3 is 2.21 bits per heavy atom. The van der Waals surface area contributed by atoms with Crippen LogP contribution in [-0.4, -0.2) is 27.7 Å². The van der Waals surface area contributed by atoms with E-state index in [1.807, 2.05) is 0 Å². The fraction of sp³-hybridized carbons (Fsp3) is 0.100. The predicted octanol–water partition coefficient (Wildman–Crippen LogP) is 3.16. The van der Waals surface area contributed by atoms with Crippen LogP contribution in [0, 0.1) is 10.1 Å². The number of carboxylic acid groups (broad SMARTS) is 1. The number of carboxylic acids is 1. The summed E-state index contributed by atoms with van der Waals surface area (Å²) in [7, 11) is 0. The molecule has 0 radical (unpaired) electrons. The number of aliphatic hydroxyl groups excluding tert-OH is 1. The van der Waals surface area contributed by atoms with Crippen LogP contribution >= 0.6 is 34.8 Å². The minimum Gasteiger partial charge on any atom is -0.478 e. The van der Waals surface area contributed by atoms with E-state index in [1.54, 1.807) is 0 Å². The maximum absolute atomic E-state index is 10.4. The normalized spacial score (nSPS) is 9.05. The van der Waals surface area contributed by atoms with Gasteiger partial charge in [0.1, 0.15) is 4.49 Å². The van der Waals surface area contributed by atoms with Crippen LogP contribution in [0.5, 0.6) is 0 Å². The molecule has 0 amide bonds. The second-order valence-electron chi connectivity index (χ2n) is 2.94. The third-order valence-corrected chi connectivity index (χ3v) is 2.61. The van der Waals surface area contributed by atoms with E-state index in [0.29, 0.717) is 0 Å². The zero-order valence-corrected chi connectivity index (χ0v) is 11.5. The summed E-state index contributed by atoms with van der Waals surface area (Å²) in [6, 6.07) is 4.89. The Bertz CT molecular complexity index is 470. The number of benzene rings is 1. The van der Waals surface area contributed by atoms with Crippen molar-refractivity contribution in [1.82, 2.24) is 0 Å². The third kappa shape index (κ3) is 6.97. The summed E-state index contributed by atoms with van der Waals surface area (Å²) in [5.74, 6) is -1.17. The summed E-state index contributed by atoms with van der Waals surface area (Å²) in [6.45, 7) is -0.302. The van der Waals surface area contributed by atoms with Gasteiger partial charge in [-0.15, -0.1) is 0 Å². The minimum absolute atomic E-state index is 0.0725. The maximum atomic E-state index is 10.4. The van der Waals surface area contributed by atoms with Gasteiger partial charge in [0.25, 0.3) is 5.69 Å². The first-order valence-electron chi connectivity index (χ1n) is 4.57. The lowest BCUT2D eigenvalue weighted by Gasteiger charge is -1.92. The zero-order chi connectivity index (χ0) is 15.0. The smallest absolute Gasteiger partial charge is 0.335 e. The lowest BCUT2D eigenvalue weighted by molar-refractivity contribution is -0.384. The highest BCUT2D eigenvalue weighted by atomic mass is 35.5. The van der Waals surface area contributed by atoms with E-state index in [2.05, 4.69) is 0 Å². The number of nitro groups is 1. The zero-order valence-electron chi connectivity index (χ0n) is 9.22. The van der Waals surface area contributed by atoms with E-state index in [0.717, 1.165) is 6.07 Å². The van der Waals surface area contributed by atoms with Crippen LogP contribution in [-0.2, 0) is 0 Å². The molecule has 6 nitrogen and oxygen atoms in total. The van der Waals surface area contributed by atoms with Crippen molar-refractivity contribution in [1.29, 1.82) is 0 Å². The molecule has 0 bridgehead atoms. The van der Waals surface area contributed by atoms with Crippen molar-refractivity contribution in [3.63, 3.8) is 0 Å². The predicted molar refractivity (Wildman–Crippen MR) is 71.7 cm³/mol. The monoisotopic (exact) mass is 327 g/mol. The molecule has 0 saturated carbocycles. The second-order valence-corrected chi connectivity index (χ2v) is 4.34. The van der Waals surface area contributed by atoms with Gasteiger partial charge in [0, 0.05) is 12.1 Å². The highest BCUT2D eigenvalue weighted by Crippen LogP contribution is 2.16. The molecule has 1 aromatic carbocycles. The molecule has 0 atom stereocenters. The first kappa shape index (κ1) is 17.7. The molecular formula is C10H8Cl3NO5. The summed E-state index contributed by atoms with van der Waals surface area (Å²) in [5.41, 5.74) is -0.292. The summed E-state index contributed by atoms with van der Waals surface area (Å²) < 4.78 is -0.0795. The summed E-state index contributed by atoms with van der Waals surface area (Å²) in [5, 5.41) is 26.9. The Kier molecular flexibility index (Phi) is 8.09. The standard InChI is InChI=1S/C7H5NO4.C3H3Cl3O/c9-7(10)5-2-1-3-6(4-5)8(11)12;4-2(1-7)3(5)6/h1-4H,(H,9,10);7H,1H2. The van der Waals surface area contributed by atoms with Crippen molar-refractivity contribution in [2.75, 3.05) is 6.61 Å². The molecule has 0 aliphatic heterocycles. The van der Waals surface area contributed by atoms with E-state index in [4.69, 9.17) is 45.0 Å². The Morgan fingerprint density at radius 1 is 1.32 bits per heavy atom. The second kappa shape index (κ2) is 8.71. The van der Waals surface area contributed by atoms with Crippen LogP contribution in [0.3, 0.4) is 0 Å². The molecule has 0 saturated heterocycles. The van der Waals surface area contributed by atoms with E-state index in [1.165, 1.54) is 18.2 Å². The number of rotatable bonds is 3. The van der Waals surface area contributed by atoms with Crippen LogP contribution < -0.4 is 0 Å². The molecule has 0 unspecified atom stereocenters. The lowest BCUT2D eigenvalue weighted by atomic mass is 10.2. The highest BCUT2D eigenvalue weighted by Gasteiger charge is 2.09. The van der Waals surface area contributed by atoms with Crippen molar-refractivity contribution >= 4 is 46.5 Å². The average molecular weight is 329 g/mol. The summed E-state index contributed by atoms with van der Waals surface area (Å²) in [6.07, 6.45) is 0. The molecule has 0 heterocycles. The van der Waals surface area contributed by atoms with Crippen LogP contribution in [0.25, 0.3) is 0 Å². The Labute approximate surface area is 123 Å². The van der Waals surface area contributed by atoms with Gasteiger partial charge in [-0.1, -0.05) is 40.9 Å². The van der Waals surface area contributed by atoms with Gasteiger partial charge in [-0.3, -0.25) is 10.1 Å². The molecule has 0 aliphatic rings. The average Bonchev–Trinajstić information content (AvgIpc) is 2.38. The minimum atomic E-state index is -1.17. The fourth-order valence-electron chi connectivity index (χ4n) is 0.812. The molecule has 19 heavy (non-hydrogen) atoms. The van der Waals surface area contributed by atoms with Gasteiger partial charge in [-0.25, -0.2) is 4.79 Å². The van der Waals surface area contributed by atoms with Crippen molar-refractivity contribution < 1.29 is 19.9 Å².